The summed E-state index contributed by atoms with van der Waals surface area (Å²) in [4.78, 5) is 12.1. The lowest BCUT2D eigenvalue weighted by Crippen LogP contribution is -2.17. The Bertz CT molecular complexity index is 830. The summed E-state index contributed by atoms with van der Waals surface area (Å²) in [7, 11) is 0. The van der Waals surface area contributed by atoms with Crippen LogP contribution in [0.2, 0.25) is 0 Å². The van der Waals surface area contributed by atoms with Gasteiger partial charge in [-0.3, -0.25) is 4.79 Å². The van der Waals surface area contributed by atoms with E-state index >= 15 is 0 Å². The second-order valence-electron chi connectivity index (χ2n) is 5.56. The Labute approximate surface area is 159 Å². The summed E-state index contributed by atoms with van der Waals surface area (Å²) in [6, 6.07) is 15.5. The molecule has 0 aromatic heterocycles. The molecule has 1 aliphatic rings. The molecular weight excluding hydrogens is 435 g/mol. The van der Waals surface area contributed by atoms with Crippen LogP contribution in [0.25, 0.3) is 5.03 Å². The van der Waals surface area contributed by atoms with Gasteiger partial charge in [-0.2, -0.15) is 5.10 Å². The second kappa shape index (κ2) is 7.94. The van der Waals surface area contributed by atoms with E-state index in [0.29, 0.717) is 5.56 Å². The highest BCUT2D eigenvalue weighted by molar-refractivity contribution is 14.1. The third kappa shape index (κ3) is 4.05. The number of allylic oxidation sites excluding steroid dienone is 1. The Kier molecular flexibility index (Phi) is 5.68. The molecule has 0 aliphatic heterocycles. The number of carbonyl (C=O) groups excluding carboxylic acids is 1. The Morgan fingerprint density at radius 2 is 2.00 bits per heavy atom. The van der Waals surface area contributed by atoms with Gasteiger partial charge in [0.2, 0.25) is 0 Å². The lowest BCUT2D eigenvalue weighted by Gasteiger charge is -2.05. The first-order valence-corrected chi connectivity index (χ1v) is 9.17. The highest BCUT2D eigenvalue weighted by Gasteiger charge is 2.14. The van der Waals surface area contributed by atoms with Gasteiger partial charge in [0.15, 0.2) is 0 Å². The van der Waals surface area contributed by atoms with Crippen LogP contribution in [0.5, 0.6) is 0 Å². The summed E-state index contributed by atoms with van der Waals surface area (Å²) in [6.45, 7) is 0. The summed E-state index contributed by atoms with van der Waals surface area (Å²) >= 11 is 8.72. The van der Waals surface area contributed by atoms with Gasteiger partial charge in [-0.05, 0) is 76.8 Å². The van der Waals surface area contributed by atoms with Gasteiger partial charge in [0, 0.05) is 9.13 Å². The number of benzene rings is 2. The summed E-state index contributed by atoms with van der Waals surface area (Å²) in [6.07, 6.45) is 4.52. The van der Waals surface area contributed by atoms with Gasteiger partial charge in [0.25, 0.3) is 5.91 Å². The van der Waals surface area contributed by atoms with Gasteiger partial charge in [-0.15, -0.1) is 0 Å². The van der Waals surface area contributed by atoms with Crippen molar-refractivity contribution in [2.24, 2.45) is 5.10 Å². The van der Waals surface area contributed by atoms with Crippen molar-refractivity contribution in [1.82, 2.24) is 5.43 Å². The Hall–Kier alpha value is -1.66. The molecule has 0 saturated heterocycles. The fraction of sp³-hybridized carbons (Fsp3) is 0.158. The third-order valence-electron chi connectivity index (χ3n) is 3.90. The number of fused-ring (bicyclic) bond motifs is 1. The molecule has 24 heavy (non-hydrogen) atoms. The molecule has 2 aromatic rings. The Morgan fingerprint density at radius 1 is 1.17 bits per heavy atom. The molecule has 0 bridgehead atoms. The molecule has 3 nitrogen and oxygen atoms in total. The van der Waals surface area contributed by atoms with E-state index in [-0.39, 0.29) is 5.91 Å². The standard InChI is InChI=1S/C19H16ClIN2O/c20-18-15(8-3-6-13-5-1-2-10-17(13)18)12-22-23-19(24)14-7-4-9-16(21)11-14/h1-2,4-5,7,9-12H,3,6,8H2,(H,23,24)/b22-12+. The molecule has 122 valence electrons. The lowest BCUT2D eigenvalue weighted by atomic mass is 10.0. The number of halogens is 2. The lowest BCUT2D eigenvalue weighted by molar-refractivity contribution is 0.0955. The van der Waals surface area contributed by atoms with E-state index in [0.717, 1.165) is 39.0 Å². The van der Waals surface area contributed by atoms with Crippen LogP contribution in [-0.2, 0) is 6.42 Å². The molecule has 0 atom stereocenters. The second-order valence-corrected chi connectivity index (χ2v) is 7.18. The van der Waals surface area contributed by atoms with Crippen molar-refractivity contribution in [2.45, 2.75) is 19.3 Å². The van der Waals surface area contributed by atoms with Crippen LogP contribution in [-0.4, -0.2) is 12.1 Å². The molecule has 2 aromatic carbocycles. The van der Waals surface area contributed by atoms with Gasteiger partial charge in [-0.25, -0.2) is 5.43 Å². The van der Waals surface area contributed by atoms with Gasteiger partial charge < -0.3 is 0 Å². The fourth-order valence-corrected chi connectivity index (χ4v) is 3.56. The van der Waals surface area contributed by atoms with Gasteiger partial charge in [0.05, 0.1) is 11.2 Å². The number of hydrazone groups is 1. The van der Waals surface area contributed by atoms with Crippen molar-refractivity contribution in [3.05, 3.63) is 74.4 Å². The van der Waals surface area contributed by atoms with E-state index in [9.17, 15) is 4.79 Å². The van der Waals surface area contributed by atoms with E-state index in [1.807, 2.05) is 36.4 Å². The maximum absolute atomic E-state index is 12.1. The van der Waals surface area contributed by atoms with Crippen LogP contribution in [0.3, 0.4) is 0 Å². The topological polar surface area (TPSA) is 41.5 Å². The molecular formula is C19H16ClIN2O. The van der Waals surface area contributed by atoms with Crippen molar-refractivity contribution in [2.75, 3.05) is 0 Å². The number of aryl methyl sites for hydroxylation is 1. The minimum atomic E-state index is -0.226. The zero-order valence-corrected chi connectivity index (χ0v) is 15.8. The van der Waals surface area contributed by atoms with Crippen LogP contribution in [0.1, 0.15) is 34.3 Å². The molecule has 0 radical (unpaired) electrons. The molecule has 1 aliphatic carbocycles. The van der Waals surface area contributed by atoms with Crippen LogP contribution in [0.15, 0.2) is 59.2 Å². The predicted molar refractivity (Wildman–Crippen MR) is 107 cm³/mol. The minimum Gasteiger partial charge on any atom is -0.267 e. The van der Waals surface area contributed by atoms with Gasteiger partial charge in [-0.1, -0.05) is 41.9 Å². The normalized spacial score (nSPS) is 14.4. The molecule has 0 spiro atoms. The highest BCUT2D eigenvalue weighted by atomic mass is 127. The number of hydrogen-bond acceptors (Lipinski definition) is 2. The van der Waals surface area contributed by atoms with Crippen molar-refractivity contribution in [3.8, 4) is 0 Å². The molecule has 1 N–H and O–H groups in total. The first-order valence-electron chi connectivity index (χ1n) is 7.71. The number of rotatable bonds is 3. The van der Waals surface area contributed by atoms with Gasteiger partial charge in [0.1, 0.15) is 0 Å². The third-order valence-corrected chi connectivity index (χ3v) is 5.02. The van der Waals surface area contributed by atoms with Crippen LogP contribution in [0, 0.1) is 3.57 Å². The fourth-order valence-electron chi connectivity index (χ4n) is 2.69. The van der Waals surface area contributed by atoms with E-state index in [4.69, 9.17) is 11.6 Å². The Balaban J connectivity index is 1.75. The zero-order valence-electron chi connectivity index (χ0n) is 12.9. The average molecular weight is 451 g/mol. The minimum absolute atomic E-state index is 0.226. The summed E-state index contributed by atoms with van der Waals surface area (Å²) in [5, 5.41) is 4.81. The number of amides is 1. The molecule has 3 rings (SSSR count). The molecule has 5 heteroatoms. The number of nitrogens with zero attached hydrogens (tertiary/aromatic N) is 1. The maximum atomic E-state index is 12.1. The quantitative estimate of drug-likeness (QED) is 0.399. The molecule has 0 saturated carbocycles. The number of carbonyl (C=O) groups is 1. The monoisotopic (exact) mass is 450 g/mol. The van der Waals surface area contributed by atoms with Crippen molar-refractivity contribution in [3.63, 3.8) is 0 Å². The van der Waals surface area contributed by atoms with E-state index in [2.05, 4.69) is 39.2 Å². The van der Waals surface area contributed by atoms with Crippen molar-refractivity contribution < 1.29 is 4.79 Å². The van der Waals surface area contributed by atoms with Gasteiger partial charge >= 0.3 is 0 Å². The maximum Gasteiger partial charge on any atom is 0.271 e. The van der Waals surface area contributed by atoms with E-state index in [1.54, 1.807) is 12.3 Å². The highest BCUT2D eigenvalue weighted by Crippen LogP contribution is 2.32. The zero-order chi connectivity index (χ0) is 16.9. The Morgan fingerprint density at radius 3 is 2.83 bits per heavy atom. The molecule has 0 fully saturated rings. The average Bonchev–Trinajstić information content (AvgIpc) is 2.75. The van der Waals surface area contributed by atoms with E-state index in [1.165, 1.54) is 5.56 Å². The smallest absolute Gasteiger partial charge is 0.267 e. The molecule has 0 heterocycles. The largest absolute Gasteiger partial charge is 0.271 e. The summed E-state index contributed by atoms with van der Waals surface area (Å²) < 4.78 is 1.01. The predicted octanol–water partition coefficient (Wildman–Crippen LogP) is 4.99. The molecule has 1 amide bonds. The molecule has 0 unspecified atom stereocenters. The summed E-state index contributed by atoms with van der Waals surface area (Å²) in [5.41, 5.74) is 6.43. The number of nitrogens with one attached hydrogen (secondary N) is 1. The van der Waals surface area contributed by atoms with Crippen LogP contribution in [0.4, 0.5) is 0 Å². The first kappa shape index (κ1) is 17.2. The SMILES string of the molecule is O=C(N/N=C/C1=C(Cl)c2ccccc2CCC1)c1cccc(I)c1. The summed E-state index contributed by atoms with van der Waals surface area (Å²) in [5.74, 6) is -0.226. The number of hydrogen-bond donors (Lipinski definition) is 1. The first-order chi connectivity index (χ1) is 11.6. The van der Waals surface area contributed by atoms with E-state index < -0.39 is 0 Å². The van der Waals surface area contributed by atoms with Crippen molar-refractivity contribution >= 4 is 51.3 Å². The van der Waals surface area contributed by atoms with Crippen LogP contribution >= 0.6 is 34.2 Å². The van der Waals surface area contributed by atoms with Crippen molar-refractivity contribution in [1.29, 1.82) is 0 Å². The van der Waals surface area contributed by atoms with Crippen LogP contribution < -0.4 is 5.43 Å².